The molecule has 0 atom stereocenters. The van der Waals surface area contributed by atoms with Gasteiger partial charge in [-0.05, 0) is 61.7 Å². The fraction of sp³-hybridized carbons (Fsp3) is 0.455. The van der Waals surface area contributed by atoms with E-state index in [0.29, 0.717) is 6.42 Å². The lowest BCUT2D eigenvalue weighted by Crippen LogP contribution is -2.47. The molecule has 1 amide bonds. The van der Waals surface area contributed by atoms with Gasteiger partial charge in [-0.1, -0.05) is 12.1 Å². The van der Waals surface area contributed by atoms with E-state index < -0.39 is 0 Å². The molecule has 3 rings (SSSR count). The monoisotopic (exact) mass is 366 g/mol. The number of aromatic nitrogens is 1. The van der Waals surface area contributed by atoms with Crippen molar-refractivity contribution < 1.29 is 4.79 Å². The molecular formula is C22H30N4O. The number of anilines is 1. The van der Waals surface area contributed by atoms with Crippen molar-refractivity contribution in [2.45, 2.75) is 26.2 Å². The zero-order valence-electron chi connectivity index (χ0n) is 16.2. The lowest BCUT2D eigenvalue weighted by Gasteiger charge is -2.36. The van der Waals surface area contributed by atoms with E-state index in [4.69, 9.17) is 0 Å². The third-order valence-electron chi connectivity index (χ3n) is 5.10. The Bertz CT molecular complexity index is 711. The number of benzene rings is 1. The number of carbonyl (C=O) groups is 1. The summed E-state index contributed by atoms with van der Waals surface area (Å²) in [6, 6.07) is 12.7. The molecule has 0 saturated carbocycles. The molecule has 5 nitrogen and oxygen atoms in total. The number of nitrogens with zero attached hydrogens (tertiary/aromatic N) is 3. The van der Waals surface area contributed by atoms with Crippen molar-refractivity contribution in [2.75, 3.05) is 44.2 Å². The van der Waals surface area contributed by atoms with Gasteiger partial charge in [0.1, 0.15) is 0 Å². The van der Waals surface area contributed by atoms with E-state index in [1.807, 2.05) is 12.1 Å². The molecule has 2 heterocycles. The van der Waals surface area contributed by atoms with E-state index in [1.165, 1.54) is 11.3 Å². The first-order valence-corrected chi connectivity index (χ1v) is 9.90. The smallest absolute Gasteiger partial charge is 0.220 e. The van der Waals surface area contributed by atoms with E-state index in [0.717, 1.165) is 57.7 Å². The summed E-state index contributed by atoms with van der Waals surface area (Å²) in [5.74, 6) is 0.135. The molecule has 1 aliphatic heterocycles. The van der Waals surface area contributed by atoms with E-state index in [2.05, 4.69) is 51.3 Å². The van der Waals surface area contributed by atoms with Crippen LogP contribution in [0, 0.1) is 6.92 Å². The molecule has 1 aromatic carbocycles. The van der Waals surface area contributed by atoms with Crippen LogP contribution in [-0.4, -0.2) is 55.1 Å². The average Bonchev–Trinajstić information content (AvgIpc) is 2.71. The van der Waals surface area contributed by atoms with Crippen molar-refractivity contribution in [3.63, 3.8) is 0 Å². The summed E-state index contributed by atoms with van der Waals surface area (Å²) in [5, 5.41) is 3.04. The van der Waals surface area contributed by atoms with E-state index in [9.17, 15) is 4.79 Å². The largest absolute Gasteiger partial charge is 0.369 e. The molecule has 0 bridgehead atoms. The Balaban J connectivity index is 1.27. The van der Waals surface area contributed by atoms with Gasteiger partial charge in [-0.25, -0.2) is 0 Å². The number of hydrogen-bond donors (Lipinski definition) is 1. The SMILES string of the molecule is Cc1cccc(N2CCN(CCCNC(=O)CCc3ccncc3)CC2)c1. The van der Waals surface area contributed by atoms with Crippen molar-refractivity contribution >= 4 is 11.6 Å². The number of pyridine rings is 1. The highest BCUT2D eigenvalue weighted by atomic mass is 16.1. The van der Waals surface area contributed by atoms with Gasteiger partial charge in [0.25, 0.3) is 0 Å². The molecule has 27 heavy (non-hydrogen) atoms. The van der Waals surface area contributed by atoms with Crippen LogP contribution >= 0.6 is 0 Å². The molecule has 1 N–H and O–H groups in total. The zero-order valence-corrected chi connectivity index (χ0v) is 16.2. The predicted octanol–water partition coefficient (Wildman–Crippen LogP) is 2.65. The van der Waals surface area contributed by atoms with Gasteiger partial charge in [0.2, 0.25) is 5.91 Å². The van der Waals surface area contributed by atoms with Gasteiger partial charge in [-0.3, -0.25) is 14.7 Å². The third-order valence-corrected chi connectivity index (χ3v) is 5.10. The van der Waals surface area contributed by atoms with Crippen LogP contribution in [0.5, 0.6) is 0 Å². The van der Waals surface area contributed by atoms with Gasteiger partial charge < -0.3 is 10.2 Å². The number of hydrogen-bond acceptors (Lipinski definition) is 4. The second kappa shape index (κ2) is 10.1. The second-order valence-corrected chi connectivity index (χ2v) is 7.23. The van der Waals surface area contributed by atoms with Crippen LogP contribution < -0.4 is 10.2 Å². The van der Waals surface area contributed by atoms with Crippen LogP contribution in [0.1, 0.15) is 24.0 Å². The molecular weight excluding hydrogens is 336 g/mol. The van der Waals surface area contributed by atoms with Crippen molar-refractivity contribution in [3.05, 3.63) is 59.9 Å². The van der Waals surface area contributed by atoms with E-state index >= 15 is 0 Å². The maximum Gasteiger partial charge on any atom is 0.220 e. The lowest BCUT2D eigenvalue weighted by atomic mass is 10.1. The summed E-state index contributed by atoms with van der Waals surface area (Å²) in [6.07, 6.45) is 5.86. The van der Waals surface area contributed by atoms with Crippen LogP contribution in [-0.2, 0) is 11.2 Å². The minimum absolute atomic E-state index is 0.135. The van der Waals surface area contributed by atoms with Crippen molar-refractivity contribution in [1.82, 2.24) is 15.2 Å². The van der Waals surface area contributed by atoms with Crippen LogP contribution in [0.3, 0.4) is 0 Å². The number of piperazine rings is 1. The van der Waals surface area contributed by atoms with Gasteiger partial charge in [-0.15, -0.1) is 0 Å². The maximum absolute atomic E-state index is 11.9. The number of carbonyl (C=O) groups excluding carboxylic acids is 1. The summed E-state index contributed by atoms with van der Waals surface area (Å²) >= 11 is 0. The summed E-state index contributed by atoms with van der Waals surface area (Å²) < 4.78 is 0. The van der Waals surface area contributed by atoms with Gasteiger partial charge in [0.15, 0.2) is 0 Å². The Morgan fingerprint density at radius 1 is 1.11 bits per heavy atom. The summed E-state index contributed by atoms with van der Waals surface area (Å²) in [7, 11) is 0. The predicted molar refractivity (Wildman–Crippen MR) is 110 cm³/mol. The number of amides is 1. The minimum atomic E-state index is 0.135. The van der Waals surface area contributed by atoms with Gasteiger partial charge in [0.05, 0.1) is 0 Å². The first-order valence-electron chi connectivity index (χ1n) is 9.90. The first-order chi connectivity index (χ1) is 13.2. The van der Waals surface area contributed by atoms with Gasteiger partial charge >= 0.3 is 0 Å². The van der Waals surface area contributed by atoms with Crippen LogP contribution in [0.2, 0.25) is 0 Å². The summed E-state index contributed by atoms with van der Waals surface area (Å²) in [4.78, 5) is 20.9. The normalized spacial score (nSPS) is 14.9. The number of rotatable bonds is 8. The second-order valence-electron chi connectivity index (χ2n) is 7.23. The molecule has 0 unspecified atom stereocenters. The minimum Gasteiger partial charge on any atom is -0.369 e. The summed E-state index contributed by atoms with van der Waals surface area (Å²) in [6.45, 7) is 8.27. The van der Waals surface area contributed by atoms with E-state index in [-0.39, 0.29) is 5.91 Å². The van der Waals surface area contributed by atoms with Crippen molar-refractivity contribution in [3.8, 4) is 0 Å². The van der Waals surface area contributed by atoms with Gasteiger partial charge in [-0.2, -0.15) is 0 Å². The third kappa shape index (κ3) is 6.36. The average molecular weight is 367 g/mol. The van der Waals surface area contributed by atoms with Crippen molar-refractivity contribution in [1.29, 1.82) is 0 Å². The van der Waals surface area contributed by atoms with Crippen LogP contribution in [0.4, 0.5) is 5.69 Å². The Hall–Kier alpha value is -2.40. The maximum atomic E-state index is 11.9. The van der Waals surface area contributed by atoms with Crippen LogP contribution in [0.25, 0.3) is 0 Å². The highest BCUT2D eigenvalue weighted by Gasteiger charge is 2.16. The molecule has 5 heteroatoms. The standard InChI is InChI=1S/C22H30N4O/c1-19-4-2-5-21(18-19)26-16-14-25(15-17-26)13-3-10-24-22(27)7-6-20-8-11-23-12-9-20/h2,4-5,8-9,11-12,18H,3,6-7,10,13-17H2,1H3,(H,24,27). The molecule has 1 saturated heterocycles. The Labute approximate surface area is 162 Å². The molecule has 0 aliphatic carbocycles. The Morgan fingerprint density at radius 3 is 2.63 bits per heavy atom. The topological polar surface area (TPSA) is 48.5 Å². The zero-order chi connectivity index (χ0) is 18.9. The molecule has 0 radical (unpaired) electrons. The Morgan fingerprint density at radius 2 is 1.89 bits per heavy atom. The molecule has 0 spiro atoms. The highest BCUT2D eigenvalue weighted by molar-refractivity contribution is 5.76. The van der Waals surface area contributed by atoms with Crippen LogP contribution in [0.15, 0.2) is 48.8 Å². The molecule has 144 valence electrons. The fourth-order valence-electron chi connectivity index (χ4n) is 3.48. The molecule has 1 aliphatic rings. The Kier molecular flexibility index (Phi) is 7.22. The lowest BCUT2D eigenvalue weighted by molar-refractivity contribution is -0.121. The summed E-state index contributed by atoms with van der Waals surface area (Å²) in [5.41, 5.74) is 3.80. The number of aryl methyl sites for hydroxylation is 2. The van der Waals surface area contributed by atoms with Gasteiger partial charge in [0, 0.05) is 57.2 Å². The first kappa shape index (κ1) is 19.4. The quantitative estimate of drug-likeness (QED) is 0.730. The highest BCUT2D eigenvalue weighted by Crippen LogP contribution is 2.17. The fourth-order valence-corrected chi connectivity index (χ4v) is 3.48. The molecule has 2 aromatic rings. The number of nitrogens with one attached hydrogen (secondary N) is 1. The molecule has 1 fully saturated rings. The van der Waals surface area contributed by atoms with E-state index in [1.54, 1.807) is 12.4 Å². The molecule has 1 aromatic heterocycles. The van der Waals surface area contributed by atoms with Crippen molar-refractivity contribution in [2.24, 2.45) is 0 Å².